The second-order valence-corrected chi connectivity index (χ2v) is 7.26. The average molecular weight is 403 g/mol. The molecule has 0 spiro atoms. The van der Waals surface area contributed by atoms with Gasteiger partial charge in [0.15, 0.2) is 0 Å². The maximum absolute atomic E-state index is 12.5. The van der Waals surface area contributed by atoms with E-state index in [0.717, 1.165) is 25.7 Å². The summed E-state index contributed by atoms with van der Waals surface area (Å²) < 4.78 is 9.37. The van der Waals surface area contributed by atoms with Gasteiger partial charge in [-0.2, -0.15) is 0 Å². The van der Waals surface area contributed by atoms with Crippen molar-refractivity contribution in [2.75, 3.05) is 19.5 Å². The molecular weight excluding hydrogens is 378 g/mol. The minimum atomic E-state index is -0.650. The second-order valence-electron chi connectivity index (χ2n) is 7.26. The number of esters is 2. The summed E-state index contributed by atoms with van der Waals surface area (Å²) in [4.78, 5) is 48.6. The van der Waals surface area contributed by atoms with Crippen LogP contribution in [0.1, 0.15) is 52.8 Å². The van der Waals surface area contributed by atoms with E-state index in [0.29, 0.717) is 0 Å². The molecule has 0 aromatic heterocycles. The molecule has 0 bridgehead atoms. The van der Waals surface area contributed by atoms with Gasteiger partial charge in [-0.05, 0) is 31.0 Å². The molecule has 9 nitrogen and oxygen atoms in total. The molecule has 1 aromatic carbocycles. The number of piperazine rings is 1. The lowest BCUT2D eigenvalue weighted by atomic mass is 9.87. The number of nitrogens with one attached hydrogen (secondary N) is 3. The molecule has 1 aliphatic carbocycles. The fourth-order valence-electron chi connectivity index (χ4n) is 3.84. The number of methoxy groups -OCH3 is 2. The molecule has 1 saturated carbocycles. The van der Waals surface area contributed by atoms with Crippen LogP contribution in [0.25, 0.3) is 0 Å². The minimum Gasteiger partial charge on any atom is -0.465 e. The Balaban J connectivity index is 1.70. The monoisotopic (exact) mass is 403 g/mol. The average Bonchev–Trinajstić information content (AvgIpc) is 2.72. The molecule has 3 rings (SSSR count). The summed E-state index contributed by atoms with van der Waals surface area (Å²) in [5.74, 6) is -1.91. The molecule has 1 aliphatic heterocycles. The molecule has 2 fully saturated rings. The topological polar surface area (TPSA) is 123 Å². The number of benzene rings is 1. The van der Waals surface area contributed by atoms with Crippen molar-refractivity contribution in [2.24, 2.45) is 0 Å². The van der Waals surface area contributed by atoms with Gasteiger partial charge in [-0.1, -0.05) is 12.8 Å². The van der Waals surface area contributed by atoms with Gasteiger partial charge in [0.05, 0.1) is 37.8 Å². The number of hydrogen-bond acceptors (Lipinski definition) is 7. The van der Waals surface area contributed by atoms with Crippen LogP contribution >= 0.6 is 0 Å². The predicted octanol–water partition coefficient (Wildman–Crippen LogP) is 0.988. The van der Waals surface area contributed by atoms with E-state index >= 15 is 0 Å². The molecular formula is C20H25N3O6. The van der Waals surface area contributed by atoms with Crippen molar-refractivity contribution in [3.8, 4) is 0 Å². The molecule has 1 heterocycles. The van der Waals surface area contributed by atoms with Crippen LogP contribution in [0.15, 0.2) is 18.2 Å². The third-order valence-corrected chi connectivity index (χ3v) is 5.27. The van der Waals surface area contributed by atoms with Gasteiger partial charge in [0.2, 0.25) is 11.8 Å². The highest BCUT2D eigenvalue weighted by Crippen LogP contribution is 2.23. The van der Waals surface area contributed by atoms with E-state index in [-0.39, 0.29) is 41.2 Å². The van der Waals surface area contributed by atoms with Gasteiger partial charge in [0.25, 0.3) is 0 Å². The number of carbonyl (C=O) groups excluding carboxylic acids is 4. The van der Waals surface area contributed by atoms with Crippen molar-refractivity contribution in [2.45, 2.75) is 50.2 Å². The lowest BCUT2D eigenvalue weighted by Gasteiger charge is -2.40. The quantitative estimate of drug-likeness (QED) is 0.627. The first kappa shape index (κ1) is 20.8. The maximum atomic E-state index is 12.5. The first-order valence-corrected chi connectivity index (χ1v) is 9.59. The van der Waals surface area contributed by atoms with Crippen molar-refractivity contribution in [3.63, 3.8) is 0 Å². The summed E-state index contributed by atoms with van der Waals surface area (Å²) in [6, 6.07) is 3.80. The highest BCUT2D eigenvalue weighted by Gasteiger charge is 2.37. The van der Waals surface area contributed by atoms with E-state index in [1.807, 2.05) is 0 Å². The smallest absolute Gasteiger partial charge is 0.337 e. The van der Waals surface area contributed by atoms with E-state index < -0.39 is 23.9 Å². The summed E-state index contributed by atoms with van der Waals surface area (Å²) in [5.41, 5.74) is 0.443. The summed E-state index contributed by atoms with van der Waals surface area (Å²) >= 11 is 0. The molecule has 0 unspecified atom stereocenters. The second kappa shape index (κ2) is 9.04. The minimum absolute atomic E-state index is 0.0644. The summed E-state index contributed by atoms with van der Waals surface area (Å²) in [6.45, 7) is 0. The fraction of sp³-hybridized carbons (Fsp3) is 0.500. The number of ether oxygens (including phenoxy) is 2. The van der Waals surface area contributed by atoms with E-state index in [4.69, 9.17) is 0 Å². The van der Waals surface area contributed by atoms with Gasteiger partial charge in [-0.15, -0.1) is 0 Å². The fourth-order valence-corrected chi connectivity index (χ4v) is 3.84. The van der Waals surface area contributed by atoms with Gasteiger partial charge in [0, 0.05) is 17.8 Å². The molecule has 9 heteroatoms. The Bertz CT molecular complexity index is 790. The van der Waals surface area contributed by atoms with E-state index in [1.165, 1.54) is 32.4 Å². The Morgan fingerprint density at radius 3 is 2.17 bits per heavy atom. The molecule has 3 atom stereocenters. The molecule has 2 amide bonds. The maximum Gasteiger partial charge on any atom is 0.337 e. The zero-order valence-corrected chi connectivity index (χ0v) is 16.4. The van der Waals surface area contributed by atoms with Crippen molar-refractivity contribution in [3.05, 3.63) is 29.3 Å². The summed E-state index contributed by atoms with van der Waals surface area (Å²) in [6.07, 6.45) is 4.03. The predicted molar refractivity (Wildman–Crippen MR) is 103 cm³/mol. The number of carbonyl (C=O) groups is 4. The van der Waals surface area contributed by atoms with Gasteiger partial charge in [0.1, 0.15) is 0 Å². The van der Waals surface area contributed by atoms with Crippen molar-refractivity contribution >= 4 is 29.4 Å². The van der Waals surface area contributed by atoms with Crippen LogP contribution in [-0.2, 0) is 19.1 Å². The Labute approximate surface area is 168 Å². The van der Waals surface area contributed by atoms with Crippen LogP contribution in [0.4, 0.5) is 5.69 Å². The van der Waals surface area contributed by atoms with Gasteiger partial charge >= 0.3 is 11.9 Å². The standard InChI is InChI=1S/C20H25N3O6/c1-28-19(26)11-7-12(20(27)29-2)9-13(8-11)21-17(24)10-16-18(25)23-15-6-4-3-5-14(15)22-16/h7-9,14-16,22H,3-6,10H2,1-2H3,(H,21,24)(H,23,25)/t14-,15-,16+/m0/s1. The number of rotatable bonds is 5. The number of hydrogen-bond donors (Lipinski definition) is 3. The van der Waals surface area contributed by atoms with Gasteiger partial charge in [-0.3, -0.25) is 9.59 Å². The van der Waals surface area contributed by atoms with Gasteiger partial charge < -0.3 is 25.4 Å². The van der Waals surface area contributed by atoms with Crippen molar-refractivity contribution < 1.29 is 28.7 Å². The van der Waals surface area contributed by atoms with Crippen molar-refractivity contribution in [1.29, 1.82) is 0 Å². The highest BCUT2D eigenvalue weighted by molar-refractivity contribution is 6.00. The van der Waals surface area contributed by atoms with Crippen LogP contribution < -0.4 is 16.0 Å². The lowest BCUT2D eigenvalue weighted by Crippen LogP contribution is -2.65. The Kier molecular flexibility index (Phi) is 6.48. The van der Waals surface area contributed by atoms with Gasteiger partial charge in [-0.25, -0.2) is 9.59 Å². The largest absolute Gasteiger partial charge is 0.465 e. The highest BCUT2D eigenvalue weighted by atomic mass is 16.5. The van der Waals surface area contributed by atoms with Crippen molar-refractivity contribution in [1.82, 2.24) is 10.6 Å². The lowest BCUT2D eigenvalue weighted by molar-refractivity contribution is -0.129. The molecule has 1 saturated heterocycles. The van der Waals surface area contributed by atoms with Crippen LogP contribution in [0, 0.1) is 0 Å². The molecule has 156 valence electrons. The first-order chi connectivity index (χ1) is 13.9. The SMILES string of the molecule is COC(=O)c1cc(NC(=O)C[C@H]2N[C@H]3CCCC[C@@H]3NC2=O)cc(C(=O)OC)c1. The Hall–Kier alpha value is -2.94. The zero-order valence-electron chi connectivity index (χ0n) is 16.4. The van der Waals surface area contributed by atoms with E-state index in [9.17, 15) is 19.2 Å². The Morgan fingerprint density at radius 1 is 1.00 bits per heavy atom. The van der Waals surface area contributed by atoms with Crippen LogP contribution in [-0.4, -0.2) is 56.1 Å². The zero-order chi connectivity index (χ0) is 21.0. The molecule has 29 heavy (non-hydrogen) atoms. The number of anilines is 1. The third-order valence-electron chi connectivity index (χ3n) is 5.27. The molecule has 2 aliphatic rings. The molecule has 3 N–H and O–H groups in total. The summed E-state index contributed by atoms with van der Waals surface area (Å²) in [5, 5.41) is 8.92. The first-order valence-electron chi connectivity index (χ1n) is 9.59. The normalized spacial score (nSPS) is 23.4. The Morgan fingerprint density at radius 2 is 1.59 bits per heavy atom. The van der Waals surface area contributed by atoms with Crippen LogP contribution in [0.3, 0.4) is 0 Å². The third kappa shape index (κ3) is 4.92. The molecule has 1 aromatic rings. The van der Waals surface area contributed by atoms with E-state index in [2.05, 4.69) is 25.4 Å². The van der Waals surface area contributed by atoms with Crippen LogP contribution in [0.2, 0.25) is 0 Å². The van der Waals surface area contributed by atoms with Crippen LogP contribution in [0.5, 0.6) is 0 Å². The number of fused-ring (bicyclic) bond motifs is 1. The molecule has 0 radical (unpaired) electrons. The van der Waals surface area contributed by atoms with E-state index in [1.54, 1.807) is 0 Å². The summed E-state index contributed by atoms with van der Waals surface area (Å²) in [7, 11) is 2.44. The number of amides is 2.